The molecule has 0 aliphatic rings. The Kier molecular flexibility index (Phi) is 6.52. The molecule has 134 valence electrons. The highest BCUT2D eigenvalue weighted by atomic mass is 32.2. The number of phenolic OH excluding ortho intramolecular Hbond substituents is 1. The van der Waals surface area contributed by atoms with E-state index in [0.29, 0.717) is 12.8 Å². The van der Waals surface area contributed by atoms with Crippen molar-refractivity contribution < 1.29 is 22.9 Å². The van der Waals surface area contributed by atoms with E-state index in [1.807, 2.05) is 35.2 Å². The number of carbonyl (C=O) groups excluding carboxylic acids is 1. The third-order valence-corrected chi connectivity index (χ3v) is 5.56. The summed E-state index contributed by atoms with van der Waals surface area (Å²) in [7, 11) is -3.39. The Bertz CT molecular complexity index is 820. The lowest BCUT2D eigenvalue weighted by Crippen LogP contribution is -2.32. The molecule has 0 spiro atoms. The molecule has 0 saturated heterocycles. The minimum absolute atomic E-state index is 0.0394. The summed E-state index contributed by atoms with van der Waals surface area (Å²) in [6.45, 7) is 2.37. The Morgan fingerprint density at radius 3 is 2.56 bits per heavy atom. The fourth-order valence-corrected chi connectivity index (χ4v) is 3.26. The normalized spacial score (nSPS) is 11.2. The van der Waals surface area contributed by atoms with Gasteiger partial charge in [0.05, 0.1) is 16.3 Å². The van der Waals surface area contributed by atoms with Gasteiger partial charge >= 0.3 is 0 Å². The highest BCUT2D eigenvalue weighted by molar-refractivity contribution is 7.91. The average Bonchev–Trinajstić information content (AvgIpc) is 2.61. The van der Waals surface area contributed by atoms with Gasteiger partial charge in [-0.25, -0.2) is 13.0 Å². The van der Waals surface area contributed by atoms with Crippen LogP contribution in [0.15, 0.2) is 53.7 Å². The van der Waals surface area contributed by atoms with Crippen LogP contribution in [-0.2, 0) is 21.2 Å². The van der Waals surface area contributed by atoms with Crippen molar-refractivity contribution in [2.24, 2.45) is 0 Å². The quantitative estimate of drug-likeness (QED) is 0.428. The van der Waals surface area contributed by atoms with Crippen molar-refractivity contribution in [3.63, 3.8) is 0 Å². The molecule has 0 fully saturated rings. The standard InChI is InChI=1S/C18H22N2O4S/c1-2-25(23,24)15-9-10-17(21)16(14-15)19-18(22)8-4-7-13-20-11-5-3-6-12-20/h3,5-6,9-12,14H,2,4,7-8,13H2,1H3,(H-,19,21,22)/p+1. The Morgan fingerprint density at radius 2 is 1.88 bits per heavy atom. The monoisotopic (exact) mass is 363 g/mol. The number of nitrogens with one attached hydrogen (secondary N) is 1. The van der Waals surface area contributed by atoms with Gasteiger partial charge in [-0.15, -0.1) is 0 Å². The van der Waals surface area contributed by atoms with Crippen molar-refractivity contribution in [2.45, 2.75) is 37.6 Å². The first kappa shape index (κ1) is 18.9. The van der Waals surface area contributed by atoms with Crippen molar-refractivity contribution in [1.29, 1.82) is 0 Å². The Labute approximate surface area is 148 Å². The van der Waals surface area contributed by atoms with E-state index < -0.39 is 9.84 Å². The third kappa shape index (κ3) is 5.56. The maximum Gasteiger partial charge on any atom is 0.224 e. The summed E-state index contributed by atoms with van der Waals surface area (Å²) in [5.74, 6) is -0.440. The number of hydrogen-bond acceptors (Lipinski definition) is 4. The number of aromatic nitrogens is 1. The van der Waals surface area contributed by atoms with Crippen molar-refractivity contribution in [3.8, 4) is 5.75 Å². The van der Waals surface area contributed by atoms with Crippen LogP contribution in [0.1, 0.15) is 26.2 Å². The molecule has 0 unspecified atom stereocenters. The smallest absolute Gasteiger partial charge is 0.224 e. The van der Waals surface area contributed by atoms with Crippen LogP contribution in [0.3, 0.4) is 0 Å². The number of rotatable bonds is 8. The van der Waals surface area contributed by atoms with Crippen LogP contribution in [0.5, 0.6) is 5.75 Å². The van der Waals surface area contributed by atoms with Gasteiger partial charge < -0.3 is 10.4 Å². The van der Waals surface area contributed by atoms with Gasteiger partial charge in [0, 0.05) is 25.0 Å². The van der Waals surface area contributed by atoms with E-state index in [0.717, 1.165) is 13.0 Å². The van der Waals surface area contributed by atoms with E-state index in [1.54, 1.807) is 6.92 Å². The number of nitrogens with zero attached hydrogens (tertiary/aromatic N) is 1. The fraction of sp³-hybridized carbons (Fsp3) is 0.333. The van der Waals surface area contributed by atoms with Crippen LogP contribution < -0.4 is 9.88 Å². The number of benzene rings is 1. The molecule has 0 aliphatic heterocycles. The first-order valence-corrected chi connectivity index (χ1v) is 9.87. The highest BCUT2D eigenvalue weighted by Gasteiger charge is 2.15. The zero-order chi connectivity index (χ0) is 18.3. The van der Waals surface area contributed by atoms with E-state index >= 15 is 0 Å². The summed E-state index contributed by atoms with van der Waals surface area (Å²) in [4.78, 5) is 12.1. The summed E-state index contributed by atoms with van der Waals surface area (Å²) in [5, 5.41) is 12.4. The average molecular weight is 363 g/mol. The summed E-state index contributed by atoms with van der Waals surface area (Å²) in [5.41, 5.74) is 0.122. The van der Waals surface area contributed by atoms with Gasteiger partial charge in [-0.2, -0.15) is 0 Å². The van der Waals surface area contributed by atoms with Gasteiger partial charge in [-0.05, 0) is 24.6 Å². The zero-order valence-corrected chi connectivity index (χ0v) is 15.0. The largest absolute Gasteiger partial charge is 0.506 e. The number of aromatic hydroxyl groups is 1. The van der Waals surface area contributed by atoms with Gasteiger partial charge in [0.1, 0.15) is 12.3 Å². The van der Waals surface area contributed by atoms with Crippen LogP contribution in [0.4, 0.5) is 5.69 Å². The molecule has 25 heavy (non-hydrogen) atoms. The fourth-order valence-electron chi connectivity index (χ4n) is 2.35. The minimum atomic E-state index is -3.39. The predicted molar refractivity (Wildman–Crippen MR) is 95.0 cm³/mol. The van der Waals surface area contributed by atoms with E-state index in [2.05, 4.69) is 5.32 Å². The first-order chi connectivity index (χ1) is 11.9. The molecule has 2 N–H and O–H groups in total. The third-order valence-electron chi connectivity index (χ3n) is 3.83. The zero-order valence-electron chi connectivity index (χ0n) is 14.2. The van der Waals surface area contributed by atoms with E-state index in [-0.39, 0.29) is 28.0 Å². The second kappa shape index (κ2) is 8.62. The van der Waals surface area contributed by atoms with Gasteiger partial charge in [-0.3, -0.25) is 4.79 Å². The molecule has 1 amide bonds. The molecule has 1 heterocycles. The Hall–Kier alpha value is -2.41. The molecule has 2 rings (SSSR count). The topological polar surface area (TPSA) is 87.3 Å². The van der Waals surface area contributed by atoms with Crippen LogP contribution in [0.25, 0.3) is 0 Å². The summed E-state index contributed by atoms with van der Waals surface area (Å²) >= 11 is 0. The molecule has 7 heteroatoms. The van der Waals surface area contributed by atoms with E-state index in [9.17, 15) is 18.3 Å². The number of aryl methyl sites for hydroxylation is 1. The second-order valence-electron chi connectivity index (χ2n) is 5.70. The number of pyridine rings is 1. The van der Waals surface area contributed by atoms with Gasteiger partial charge in [0.25, 0.3) is 0 Å². The minimum Gasteiger partial charge on any atom is -0.506 e. The maximum atomic E-state index is 12.0. The van der Waals surface area contributed by atoms with Gasteiger partial charge in [0.15, 0.2) is 22.2 Å². The number of hydrogen-bond donors (Lipinski definition) is 2. The molecule has 0 bridgehead atoms. The van der Waals surface area contributed by atoms with Crippen LogP contribution in [-0.4, -0.2) is 25.2 Å². The molecular formula is C18H23N2O4S+. The Morgan fingerprint density at radius 1 is 1.16 bits per heavy atom. The van der Waals surface area contributed by atoms with Crippen LogP contribution in [0, 0.1) is 0 Å². The van der Waals surface area contributed by atoms with Crippen molar-refractivity contribution in [2.75, 3.05) is 11.1 Å². The molecule has 6 nitrogen and oxygen atoms in total. The molecule has 0 saturated carbocycles. The summed E-state index contributed by atoms with van der Waals surface area (Å²) < 4.78 is 25.8. The van der Waals surface area contributed by atoms with E-state index in [4.69, 9.17) is 0 Å². The number of unbranched alkanes of at least 4 members (excludes halogenated alkanes) is 1. The lowest BCUT2D eigenvalue weighted by Gasteiger charge is -2.09. The predicted octanol–water partition coefficient (Wildman–Crippen LogP) is 2.28. The molecule has 0 atom stereocenters. The number of phenols is 1. The number of anilines is 1. The SMILES string of the molecule is CCS(=O)(=O)c1ccc(O)c(NC(=O)CCCC[n+]2ccccc2)c1. The van der Waals surface area contributed by atoms with Crippen LogP contribution in [0.2, 0.25) is 0 Å². The number of amides is 1. The maximum absolute atomic E-state index is 12.0. The molecule has 0 radical (unpaired) electrons. The van der Waals surface area contributed by atoms with Crippen LogP contribution >= 0.6 is 0 Å². The van der Waals surface area contributed by atoms with Crippen molar-refractivity contribution in [1.82, 2.24) is 0 Å². The number of sulfone groups is 1. The summed E-state index contributed by atoms with van der Waals surface area (Å²) in [6.07, 6.45) is 5.78. The molecular weight excluding hydrogens is 340 g/mol. The van der Waals surface area contributed by atoms with Crippen molar-refractivity contribution in [3.05, 3.63) is 48.8 Å². The first-order valence-electron chi connectivity index (χ1n) is 8.22. The molecule has 2 aromatic rings. The number of carbonyl (C=O) groups is 1. The molecule has 1 aromatic carbocycles. The summed E-state index contributed by atoms with van der Waals surface area (Å²) in [6, 6.07) is 9.76. The second-order valence-corrected chi connectivity index (χ2v) is 7.98. The molecule has 0 aliphatic carbocycles. The lowest BCUT2D eigenvalue weighted by molar-refractivity contribution is -0.697. The highest BCUT2D eigenvalue weighted by Crippen LogP contribution is 2.27. The Balaban J connectivity index is 1.88. The lowest BCUT2D eigenvalue weighted by atomic mass is 10.2. The van der Waals surface area contributed by atoms with Gasteiger partial charge in [0.2, 0.25) is 5.91 Å². The van der Waals surface area contributed by atoms with Gasteiger partial charge in [-0.1, -0.05) is 13.0 Å². The van der Waals surface area contributed by atoms with Crippen molar-refractivity contribution >= 4 is 21.4 Å². The molecule has 1 aromatic heterocycles. The van der Waals surface area contributed by atoms with E-state index in [1.165, 1.54) is 18.2 Å².